The first-order valence-electron chi connectivity index (χ1n) is 13.0. The van der Waals surface area contributed by atoms with Crippen molar-refractivity contribution in [2.45, 2.75) is 62.0 Å². The Morgan fingerprint density at radius 2 is 1.61 bits per heavy atom. The van der Waals surface area contributed by atoms with Gasteiger partial charge in [0.1, 0.15) is 16.9 Å². The summed E-state index contributed by atoms with van der Waals surface area (Å²) in [5, 5.41) is 2.63. The van der Waals surface area contributed by atoms with Crippen LogP contribution in [0.5, 0.6) is 11.5 Å². The molecule has 236 valence electrons. The molecule has 1 aliphatic heterocycles. The maximum atomic E-state index is 13.8. The van der Waals surface area contributed by atoms with Gasteiger partial charge in [0.25, 0.3) is 11.5 Å². The van der Waals surface area contributed by atoms with Gasteiger partial charge in [-0.2, -0.15) is 13.2 Å². The highest BCUT2D eigenvalue weighted by molar-refractivity contribution is 7.99. The molecule has 9 nitrogen and oxygen atoms in total. The molecular formula is C29H28Cl2F3N3O6S. The Morgan fingerprint density at radius 3 is 2.14 bits per heavy atom. The van der Waals surface area contributed by atoms with Crippen molar-refractivity contribution < 1.29 is 37.0 Å². The molecule has 0 radical (unpaired) electrons. The highest BCUT2D eigenvalue weighted by atomic mass is 35.5. The molecule has 4 rings (SSSR count). The van der Waals surface area contributed by atoms with Crippen molar-refractivity contribution >= 4 is 47.0 Å². The van der Waals surface area contributed by atoms with Crippen molar-refractivity contribution in [3.8, 4) is 11.5 Å². The van der Waals surface area contributed by atoms with Gasteiger partial charge in [0.15, 0.2) is 11.5 Å². The van der Waals surface area contributed by atoms with Gasteiger partial charge in [0, 0.05) is 29.4 Å². The lowest BCUT2D eigenvalue weighted by molar-refractivity contribution is -0.141. The third-order valence-corrected chi connectivity index (χ3v) is 8.54. The number of amides is 2. The number of aromatic nitrogens is 1. The van der Waals surface area contributed by atoms with E-state index in [0.717, 1.165) is 11.1 Å². The van der Waals surface area contributed by atoms with Gasteiger partial charge in [0.2, 0.25) is 0 Å². The Morgan fingerprint density at radius 1 is 1.02 bits per heavy atom. The van der Waals surface area contributed by atoms with Gasteiger partial charge < -0.3 is 29.4 Å². The van der Waals surface area contributed by atoms with E-state index >= 15 is 0 Å². The molecule has 0 fully saturated rings. The highest BCUT2D eigenvalue weighted by Gasteiger charge is 2.36. The zero-order valence-corrected chi connectivity index (χ0v) is 26.5. The standard InChI is InChI=1S/C29H28Cl2F3N3O6S/c1-28(2,3)43-27(40)35-11-14-6-7-17(30)24(23(14)31)44-20-10-21(29(32,33)34)36-25(38)22(20)26(39)37-12-15-8-18(41-4)19(42-5)9-16(15)13-37/h6-10H,11-13H2,1-5H3,(H,35,40)(H,36,38). The maximum Gasteiger partial charge on any atom is 0.431 e. The van der Waals surface area contributed by atoms with Crippen LogP contribution in [-0.4, -0.2) is 41.7 Å². The number of benzene rings is 2. The Balaban J connectivity index is 1.71. The molecule has 0 saturated heterocycles. The van der Waals surface area contributed by atoms with E-state index in [4.69, 9.17) is 37.4 Å². The fourth-order valence-electron chi connectivity index (χ4n) is 4.39. The van der Waals surface area contributed by atoms with E-state index in [1.54, 1.807) is 37.9 Å². The summed E-state index contributed by atoms with van der Waals surface area (Å²) in [7, 11) is 2.93. The normalized spacial score (nSPS) is 13.0. The molecule has 2 aromatic carbocycles. The van der Waals surface area contributed by atoms with Crippen LogP contribution in [0.2, 0.25) is 10.0 Å². The fourth-order valence-corrected chi connectivity index (χ4v) is 6.13. The number of pyridine rings is 1. The molecule has 1 aromatic heterocycles. The van der Waals surface area contributed by atoms with Crippen molar-refractivity contribution in [1.82, 2.24) is 15.2 Å². The van der Waals surface area contributed by atoms with E-state index in [9.17, 15) is 27.6 Å². The van der Waals surface area contributed by atoms with Gasteiger partial charge >= 0.3 is 12.3 Å². The quantitative estimate of drug-likeness (QED) is 0.277. The number of fused-ring (bicyclic) bond motifs is 1. The number of aromatic amines is 1. The summed E-state index contributed by atoms with van der Waals surface area (Å²) in [6.07, 6.45) is -5.63. The zero-order chi connectivity index (χ0) is 32.6. The number of nitrogens with one attached hydrogen (secondary N) is 2. The molecular weight excluding hydrogens is 646 g/mol. The molecule has 0 unspecified atom stereocenters. The number of rotatable bonds is 7. The second kappa shape index (κ2) is 12.8. The first kappa shape index (κ1) is 33.3. The number of alkyl halides is 3. The van der Waals surface area contributed by atoms with E-state index in [-0.39, 0.29) is 39.5 Å². The summed E-state index contributed by atoms with van der Waals surface area (Å²) >= 11 is 13.6. The highest BCUT2D eigenvalue weighted by Crippen LogP contribution is 2.43. The van der Waals surface area contributed by atoms with E-state index in [0.29, 0.717) is 34.9 Å². The van der Waals surface area contributed by atoms with Crippen LogP contribution in [0.15, 0.2) is 44.9 Å². The van der Waals surface area contributed by atoms with Crippen LogP contribution in [0, 0.1) is 0 Å². The number of carbonyl (C=O) groups excluding carboxylic acids is 2. The topological polar surface area (TPSA) is 110 Å². The molecule has 0 saturated carbocycles. The van der Waals surface area contributed by atoms with Crippen LogP contribution < -0.4 is 20.3 Å². The van der Waals surface area contributed by atoms with Gasteiger partial charge in [-0.3, -0.25) is 9.59 Å². The van der Waals surface area contributed by atoms with Crippen LogP contribution in [0.3, 0.4) is 0 Å². The molecule has 44 heavy (non-hydrogen) atoms. The molecule has 2 N–H and O–H groups in total. The van der Waals surface area contributed by atoms with E-state index < -0.39 is 40.6 Å². The third kappa shape index (κ3) is 7.39. The number of halogens is 5. The van der Waals surface area contributed by atoms with Crippen LogP contribution in [0.1, 0.15) is 53.5 Å². The molecule has 2 amide bonds. The molecule has 2 heterocycles. The minimum Gasteiger partial charge on any atom is -0.493 e. The number of hydrogen-bond acceptors (Lipinski definition) is 7. The van der Waals surface area contributed by atoms with Crippen molar-refractivity contribution in [1.29, 1.82) is 0 Å². The number of hydrogen-bond donors (Lipinski definition) is 2. The number of H-pyrrole nitrogens is 1. The minimum atomic E-state index is -4.92. The molecule has 1 aliphatic rings. The van der Waals surface area contributed by atoms with Gasteiger partial charge in [-0.15, -0.1) is 0 Å². The van der Waals surface area contributed by atoms with Gasteiger partial charge in [0.05, 0.1) is 24.3 Å². The SMILES string of the molecule is COc1cc2c(cc1OC)CN(C(=O)c1c(Sc3c(Cl)ccc(CNC(=O)OC(C)(C)C)c3Cl)cc(C(F)(F)F)[nH]c1=O)C2. The summed E-state index contributed by atoms with van der Waals surface area (Å²) < 4.78 is 57.1. The molecule has 0 bridgehead atoms. The number of nitrogens with zero attached hydrogens (tertiary/aromatic N) is 1. The summed E-state index contributed by atoms with van der Waals surface area (Å²) in [5.74, 6) is 0.0792. The minimum absolute atomic E-state index is 0.0126. The number of carbonyl (C=O) groups is 2. The third-order valence-electron chi connectivity index (χ3n) is 6.39. The van der Waals surface area contributed by atoms with Crippen molar-refractivity contribution in [3.05, 3.63) is 78.7 Å². The van der Waals surface area contributed by atoms with Gasteiger partial charge in [-0.1, -0.05) is 41.0 Å². The van der Waals surface area contributed by atoms with Crippen LogP contribution in [-0.2, 0) is 30.5 Å². The fraction of sp³-hybridized carbons (Fsp3) is 0.345. The Kier molecular flexibility index (Phi) is 9.72. The summed E-state index contributed by atoms with van der Waals surface area (Å²) in [5.41, 5.74) is -2.02. The first-order chi connectivity index (χ1) is 20.5. The number of ether oxygens (including phenoxy) is 3. The van der Waals surface area contributed by atoms with Crippen molar-refractivity contribution in [3.63, 3.8) is 0 Å². The average Bonchev–Trinajstić information content (AvgIpc) is 3.35. The van der Waals surface area contributed by atoms with Crippen molar-refractivity contribution in [2.75, 3.05) is 14.2 Å². The smallest absolute Gasteiger partial charge is 0.431 e. The molecule has 15 heteroatoms. The zero-order valence-electron chi connectivity index (χ0n) is 24.2. The summed E-state index contributed by atoms with van der Waals surface area (Å²) in [6.45, 7) is 5.15. The Hall–Kier alpha value is -3.55. The molecule has 0 aliphatic carbocycles. The lowest BCUT2D eigenvalue weighted by Crippen LogP contribution is -2.33. The number of methoxy groups -OCH3 is 2. The van der Waals surface area contributed by atoms with E-state index in [1.165, 1.54) is 31.3 Å². The Bertz CT molecular complexity index is 1640. The monoisotopic (exact) mass is 673 g/mol. The lowest BCUT2D eigenvalue weighted by atomic mass is 10.1. The van der Waals surface area contributed by atoms with Crippen LogP contribution in [0.25, 0.3) is 0 Å². The lowest BCUT2D eigenvalue weighted by Gasteiger charge is -2.20. The van der Waals surface area contributed by atoms with E-state index in [2.05, 4.69) is 5.32 Å². The second-order valence-corrected chi connectivity index (χ2v) is 12.5. The van der Waals surface area contributed by atoms with Gasteiger partial charge in [-0.25, -0.2) is 4.79 Å². The molecule has 3 aromatic rings. The van der Waals surface area contributed by atoms with Crippen LogP contribution >= 0.6 is 35.0 Å². The predicted molar refractivity (Wildman–Crippen MR) is 159 cm³/mol. The second-order valence-electron chi connectivity index (χ2n) is 10.7. The van der Waals surface area contributed by atoms with Crippen LogP contribution in [0.4, 0.5) is 18.0 Å². The summed E-state index contributed by atoms with van der Waals surface area (Å²) in [6, 6.07) is 7.04. The molecule has 0 atom stereocenters. The molecule has 0 spiro atoms. The van der Waals surface area contributed by atoms with Crippen molar-refractivity contribution in [2.24, 2.45) is 0 Å². The summed E-state index contributed by atoms with van der Waals surface area (Å²) in [4.78, 5) is 41.9. The Labute approximate surface area is 264 Å². The van der Waals surface area contributed by atoms with E-state index in [1.807, 2.05) is 0 Å². The predicted octanol–water partition coefficient (Wildman–Crippen LogP) is 7.05. The largest absolute Gasteiger partial charge is 0.493 e. The maximum absolute atomic E-state index is 13.8. The van der Waals surface area contributed by atoms with Gasteiger partial charge in [-0.05, 0) is 61.7 Å². The number of alkyl carbamates (subject to hydrolysis) is 1. The first-order valence-corrected chi connectivity index (χ1v) is 14.6. The average molecular weight is 675 g/mol.